The molecule has 1 aromatic carbocycles. The van der Waals surface area contributed by atoms with Crippen LogP contribution in [0.2, 0.25) is 0 Å². The van der Waals surface area contributed by atoms with Gasteiger partial charge in [-0.3, -0.25) is 9.59 Å². The number of epoxide rings is 1. The minimum absolute atomic E-state index is 0.0745. The molecule has 1 unspecified atom stereocenters. The summed E-state index contributed by atoms with van der Waals surface area (Å²) in [6, 6.07) is 7.90. The molecule has 1 fully saturated rings. The van der Waals surface area contributed by atoms with E-state index in [1.54, 1.807) is 42.5 Å². The molecular formula is C29H36N4O10. The summed E-state index contributed by atoms with van der Waals surface area (Å²) >= 11 is 0. The number of benzene rings is 1. The third-order valence-electron chi connectivity index (χ3n) is 7.72. The van der Waals surface area contributed by atoms with Gasteiger partial charge in [0.25, 0.3) is 0 Å². The Balaban J connectivity index is 1.30. The van der Waals surface area contributed by atoms with Crippen molar-refractivity contribution in [3.63, 3.8) is 0 Å². The van der Waals surface area contributed by atoms with Crippen molar-refractivity contribution in [1.29, 1.82) is 0 Å². The lowest BCUT2D eigenvalue weighted by atomic mass is 9.88. The van der Waals surface area contributed by atoms with Crippen molar-refractivity contribution in [2.45, 2.75) is 76.7 Å². The number of fused-ring (bicyclic) bond motifs is 1. The highest BCUT2D eigenvalue weighted by molar-refractivity contribution is 5.93. The van der Waals surface area contributed by atoms with Crippen molar-refractivity contribution in [2.75, 3.05) is 19.8 Å². The molecule has 0 spiro atoms. The van der Waals surface area contributed by atoms with Crippen LogP contribution in [0.1, 0.15) is 39.7 Å². The van der Waals surface area contributed by atoms with E-state index in [2.05, 4.69) is 5.16 Å². The zero-order chi connectivity index (χ0) is 30.7. The van der Waals surface area contributed by atoms with Crippen molar-refractivity contribution < 1.29 is 38.5 Å². The van der Waals surface area contributed by atoms with Gasteiger partial charge in [0.2, 0.25) is 0 Å². The maximum atomic E-state index is 13.5. The van der Waals surface area contributed by atoms with Crippen LogP contribution < -0.4 is 11.4 Å². The molecule has 14 nitrogen and oxygen atoms in total. The first kappa shape index (κ1) is 30.4. The summed E-state index contributed by atoms with van der Waals surface area (Å²) in [5.74, 6) is -1.36. The van der Waals surface area contributed by atoms with Crippen molar-refractivity contribution in [3.05, 3.63) is 63.5 Å². The van der Waals surface area contributed by atoms with Gasteiger partial charge in [-0.2, -0.15) is 0 Å². The number of aliphatic hydroxyl groups is 1. The largest absolute Gasteiger partial charge is 0.463 e. The summed E-state index contributed by atoms with van der Waals surface area (Å²) in [6.45, 7) is 4.42. The summed E-state index contributed by atoms with van der Waals surface area (Å²) in [4.78, 5) is 55.1. The molecule has 232 valence electrons. The predicted octanol–water partition coefficient (Wildman–Crippen LogP) is 0.722. The zero-order valence-electron chi connectivity index (χ0n) is 24.2. The molecule has 7 atom stereocenters. The highest BCUT2D eigenvalue weighted by Crippen LogP contribution is 2.34. The molecule has 0 bridgehead atoms. The van der Waals surface area contributed by atoms with Crippen LogP contribution in [0, 0.1) is 5.92 Å². The number of ether oxygens (including phenoxy) is 4. The van der Waals surface area contributed by atoms with Crippen LogP contribution in [0.3, 0.4) is 0 Å². The van der Waals surface area contributed by atoms with Gasteiger partial charge in [-0.25, -0.2) is 23.5 Å². The summed E-state index contributed by atoms with van der Waals surface area (Å²) in [5, 5.41) is 14.9. The first-order valence-electron chi connectivity index (χ1n) is 14.3. The molecule has 3 aliphatic heterocycles. The zero-order valence-corrected chi connectivity index (χ0v) is 24.2. The highest BCUT2D eigenvalue weighted by atomic mass is 16.6. The molecule has 1 N–H and O–H groups in total. The SMILES string of the molecule is CC(=O)OC[C@H]1O[C@H](CCO/N=C(\[C@H]2OC2C)[C@H]2CCn3c(=O)n(-c4ccccc4)c(=O)n3[C@H]2CO)C=C[C@@H]1OC(C)=O. The van der Waals surface area contributed by atoms with Crippen molar-refractivity contribution in [2.24, 2.45) is 11.1 Å². The molecule has 43 heavy (non-hydrogen) atoms. The molecular weight excluding hydrogens is 564 g/mol. The first-order valence-corrected chi connectivity index (χ1v) is 14.3. The van der Waals surface area contributed by atoms with Crippen molar-refractivity contribution in [1.82, 2.24) is 13.9 Å². The number of para-hydroxylation sites is 1. The van der Waals surface area contributed by atoms with E-state index < -0.39 is 60.2 Å². The number of carbonyl (C=O) groups excluding carboxylic acids is 2. The van der Waals surface area contributed by atoms with Gasteiger partial charge in [-0.1, -0.05) is 29.4 Å². The highest BCUT2D eigenvalue weighted by Gasteiger charge is 2.47. The molecule has 4 heterocycles. The van der Waals surface area contributed by atoms with Crippen LogP contribution in [0.15, 0.2) is 57.2 Å². The lowest BCUT2D eigenvalue weighted by Crippen LogP contribution is -2.45. The number of hydrogen-bond acceptors (Lipinski definition) is 11. The number of hydrogen-bond donors (Lipinski definition) is 1. The minimum atomic E-state index is -0.748. The Kier molecular flexibility index (Phi) is 9.28. The Morgan fingerprint density at radius 2 is 1.81 bits per heavy atom. The third-order valence-corrected chi connectivity index (χ3v) is 7.72. The Bertz CT molecular complexity index is 1490. The predicted molar refractivity (Wildman–Crippen MR) is 151 cm³/mol. The van der Waals surface area contributed by atoms with Gasteiger partial charge in [0.15, 0.2) is 0 Å². The summed E-state index contributed by atoms with van der Waals surface area (Å²) in [7, 11) is 0. The van der Waals surface area contributed by atoms with Crippen LogP contribution in [-0.4, -0.2) is 87.0 Å². The van der Waals surface area contributed by atoms with E-state index in [1.165, 1.54) is 23.2 Å². The Hall–Kier alpha value is -4.01. The normalized spacial score (nSPS) is 28.2. The Labute approximate surface area is 247 Å². The fourth-order valence-corrected chi connectivity index (χ4v) is 5.62. The van der Waals surface area contributed by atoms with E-state index in [0.717, 1.165) is 4.57 Å². The van der Waals surface area contributed by atoms with Crippen LogP contribution in [0.4, 0.5) is 0 Å². The van der Waals surface area contributed by atoms with Gasteiger partial charge in [-0.15, -0.1) is 0 Å². The molecule has 2 aromatic rings. The van der Waals surface area contributed by atoms with Crippen LogP contribution >= 0.6 is 0 Å². The smallest absolute Gasteiger partial charge is 0.352 e. The molecule has 0 amide bonds. The van der Waals surface area contributed by atoms with Crippen LogP contribution in [-0.2, 0) is 39.9 Å². The molecule has 14 heteroatoms. The lowest BCUT2D eigenvalue weighted by Gasteiger charge is -2.32. The van der Waals surface area contributed by atoms with E-state index >= 15 is 0 Å². The first-order chi connectivity index (χ1) is 20.7. The molecule has 1 saturated heterocycles. The van der Waals surface area contributed by atoms with E-state index in [0.29, 0.717) is 24.2 Å². The topological polar surface area (TPSA) is 165 Å². The van der Waals surface area contributed by atoms with Crippen molar-refractivity contribution >= 4 is 17.7 Å². The maximum Gasteiger partial charge on any atom is 0.352 e. The Morgan fingerprint density at radius 3 is 2.47 bits per heavy atom. The fourth-order valence-electron chi connectivity index (χ4n) is 5.62. The average Bonchev–Trinajstić information content (AvgIpc) is 3.65. The number of esters is 2. The van der Waals surface area contributed by atoms with Crippen LogP contribution in [0.5, 0.6) is 0 Å². The minimum Gasteiger partial charge on any atom is -0.463 e. The molecule has 5 rings (SSSR count). The number of aromatic nitrogens is 3. The monoisotopic (exact) mass is 600 g/mol. The van der Waals surface area contributed by atoms with Crippen LogP contribution in [0.25, 0.3) is 5.69 Å². The number of nitrogens with zero attached hydrogens (tertiary/aromatic N) is 4. The number of aliphatic hydroxyl groups excluding tert-OH is 1. The second-order valence-corrected chi connectivity index (χ2v) is 10.7. The van der Waals surface area contributed by atoms with Gasteiger partial charge in [0.1, 0.15) is 31.5 Å². The number of carbonyl (C=O) groups is 2. The van der Waals surface area contributed by atoms with Gasteiger partial charge in [-0.05, 0) is 31.6 Å². The van der Waals surface area contributed by atoms with E-state index in [-0.39, 0.29) is 32.0 Å². The lowest BCUT2D eigenvalue weighted by molar-refractivity contribution is -0.164. The third kappa shape index (κ3) is 6.65. The summed E-state index contributed by atoms with van der Waals surface area (Å²) in [6.07, 6.45) is 2.07. The molecule has 0 saturated carbocycles. The fraction of sp³-hybridized carbons (Fsp3) is 0.552. The number of oxime groups is 1. The van der Waals surface area contributed by atoms with Crippen molar-refractivity contribution in [3.8, 4) is 5.69 Å². The quantitative estimate of drug-likeness (QED) is 0.0970. The van der Waals surface area contributed by atoms with E-state index in [1.807, 2.05) is 6.92 Å². The van der Waals surface area contributed by atoms with E-state index in [4.69, 9.17) is 23.8 Å². The molecule has 3 aliphatic rings. The Morgan fingerprint density at radius 1 is 1.07 bits per heavy atom. The van der Waals surface area contributed by atoms with Gasteiger partial charge in [0.05, 0.1) is 36.3 Å². The second-order valence-electron chi connectivity index (χ2n) is 10.7. The van der Waals surface area contributed by atoms with Gasteiger partial charge in [0, 0.05) is 32.7 Å². The van der Waals surface area contributed by atoms with E-state index in [9.17, 15) is 24.3 Å². The molecule has 0 aliphatic carbocycles. The van der Waals surface area contributed by atoms with Gasteiger partial charge < -0.3 is 28.9 Å². The van der Waals surface area contributed by atoms with Gasteiger partial charge >= 0.3 is 23.3 Å². The summed E-state index contributed by atoms with van der Waals surface area (Å²) < 4.78 is 25.8. The summed E-state index contributed by atoms with van der Waals surface area (Å²) in [5.41, 5.74) is 0.00100. The second kappa shape index (κ2) is 13.1. The maximum absolute atomic E-state index is 13.5. The standard InChI is InChI=1S/C29H36N4O10/c1-17-27(41-17)26(30-40-14-12-21-9-10-24(42-19(3)36)25(43-21)16-39-18(2)35)22-11-13-31-28(37)32(20-7-5-4-6-8-20)29(38)33(31)23(22)15-34/h4-10,17,21-25,27,34H,11-16H2,1-3H3/b30-26-/t17?,21-,22-,23-,24-,25+,27-/m0/s1. The average molecular weight is 601 g/mol. The molecule has 1 aromatic heterocycles. The number of rotatable bonds is 11. The molecule has 0 radical (unpaired) electrons.